The summed E-state index contributed by atoms with van der Waals surface area (Å²) in [5.41, 5.74) is 1.32. The minimum absolute atomic E-state index is 0.291. The number of amides is 1. The van der Waals surface area contributed by atoms with Gasteiger partial charge < -0.3 is 5.32 Å². The largest absolute Gasteiger partial charge is 0.321 e. The number of benzene rings is 2. The number of nitrogens with one attached hydrogen (secondary N) is 2. The maximum absolute atomic E-state index is 13.8. The molecule has 4 aromatic rings. The molecule has 0 spiro atoms. The highest BCUT2D eigenvalue weighted by Gasteiger charge is 2.13. The number of carbonyl (C=O) groups excluding carboxylic acids is 1. The van der Waals surface area contributed by atoms with Gasteiger partial charge in [-0.2, -0.15) is 5.21 Å². The minimum Gasteiger partial charge on any atom is -0.321 e. The summed E-state index contributed by atoms with van der Waals surface area (Å²) in [6.07, 6.45) is 0. The van der Waals surface area contributed by atoms with Gasteiger partial charge >= 0.3 is 0 Å². The Labute approximate surface area is 139 Å². The molecule has 8 heteroatoms. The number of tetrazole rings is 1. The zero-order chi connectivity index (χ0) is 16.5. The lowest BCUT2D eigenvalue weighted by atomic mass is 10.2. The van der Waals surface area contributed by atoms with Gasteiger partial charge in [-0.15, -0.1) is 21.5 Å². The Kier molecular flexibility index (Phi) is 3.51. The molecule has 118 valence electrons. The number of rotatable bonds is 3. The molecule has 0 bridgehead atoms. The highest BCUT2D eigenvalue weighted by Crippen LogP contribution is 2.28. The molecule has 2 N–H and O–H groups in total. The maximum atomic E-state index is 13.8. The smallest absolute Gasteiger partial charge is 0.265 e. The minimum atomic E-state index is -0.332. The maximum Gasteiger partial charge on any atom is 0.265 e. The molecule has 0 radical (unpaired) electrons. The first-order valence-corrected chi connectivity index (χ1v) is 7.86. The molecule has 0 atom stereocenters. The van der Waals surface area contributed by atoms with Gasteiger partial charge in [0, 0.05) is 21.3 Å². The zero-order valence-corrected chi connectivity index (χ0v) is 13.0. The molecule has 1 amide bonds. The standard InChI is InChI=1S/C16H10FN5OS/c17-12-5-2-6-13-11(12)8-14(24-13)16(23)18-10-4-1-3-9(7-10)15-19-21-22-20-15/h1-8H,(H,18,23)(H,19,20,21,22). The lowest BCUT2D eigenvalue weighted by Crippen LogP contribution is -2.10. The summed E-state index contributed by atoms with van der Waals surface area (Å²) in [5, 5.41) is 17.0. The number of hydrogen-bond donors (Lipinski definition) is 2. The van der Waals surface area contributed by atoms with E-state index in [2.05, 4.69) is 25.9 Å². The molecule has 6 nitrogen and oxygen atoms in total. The quantitative estimate of drug-likeness (QED) is 0.598. The predicted molar refractivity (Wildman–Crippen MR) is 89.3 cm³/mol. The number of thiophene rings is 1. The third-order valence-corrected chi connectivity index (χ3v) is 4.56. The Morgan fingerprint density at radius 1 is 1.17 bits per heavy atom. The van der Waals surface area contributed by atoms with Gasteiger partial charge in [-0.05, 0) is 35.5 Å². The molecule has 0 aliphatic carbocycles. The lowest BCUT2D eigenvalue weighted by molar-refractivity contribution is 0.103. The second kappa shape index (κ2) is 5.82. The van der Waals surface area contributed by atoms with E-state index >= 15 is 0 Å². The summed E-state index contributed by atoms with van der Waals surface area (Å²) in [4.78, 5) is 12.9. The fraction of sp³-hybridized carbons (Fsp3) is 0. The topological polar surface area (TPSA) is 83.6 Å². The number of carbonyl (C=O) groups is 1. The molecule has 0 aliphatic heterocycles. The van der Waals surface area contributed by atoms with Gasteiger partial charge in [0.05, 0.1) is 4.88 Å². The number of H-pyrrole nitrogens is 1. The van der Waals surface area contributed by atoms with Crippen LogP contribution in [-0.4, -0.2) is 26.5 Å². The third kappa shape index (κ3) is 2.63. The summed E-state index contributed by atoms with van der Waals surface area (Å²) in [7, 11) is 0. The van der Waals surface area contributed by atoms with E-state index in [-0.39, 0.29) is 11.7 Å². The molecular formula is C16H10FN5OS. The SMILES string of the molecule is O=C(Nc1cccc(-c2nn[nH]n2)c1)c1cc2c(F)cccc2s1. The Balaban J connectivity index is 1.61. The average Bonchev–Trinajstić information content (AvgIpc) is 3.25. The molecule has 24 heavy (non-hydrogen) atoms. The van der Waals surface area contributed by atoms with Gasteiger partial charge in [0.25, 0.3) is 5.91 Å². The Bertz CT molecular complexity index is 1030. The van der Waals surface area contributed by atoms with Gasteiger partial charge in [0.15, 0.2) is 0 Å². The molecule has 4 rings (SSSR count). The van der Waals surface area contributed by atoms with E-state index in [9.17, 15) is 9.18 Å². The summed E-state index contributed by atoms with van der Waals surface area (Å²) in [5.74, 6) is -0.183. The van der Waals surface area contributed by atoms with E-state index in [1.807, 2.05) is 6.07 Å². The van der Waals surface area contributed by atoms with Crippen molar-refractivity contribution in [2.24, 2.45) is 0 Å². The highest BCUT2D eigenvalue weighted by atomic mass is 32.1. The van der Waals surface area contributed by atoms with Gasteiger partial charge in [-0.3, -0.25) is 4.79 Å². The highest BCUT2D eigenvalue weighted by molar-refractivity contribution is 7.20. The molecule has 2 heterocycles. The molecule has 0 saturated carbocycles. The van der Waals surface area contributed by atoms with Crippen LogP contribution < -0.4 is 5.32 Å². The second-order valence-corrected chi connectivity index (χ2v) is 6.12. The fourth-order valence-corrected chi connectivity index (χ4v) is 3.32. The average molecular weight is 339 g/mol. The molecule has 0 aliphatic rings. The first-order valence-electron chi connectivity index (χ1n) is 7.04. The number of hydrogen-bond acceptors (Lipinski definition) is 5. The Morgan fingerprint density at radius 2 is 2.04 bits per heavy atom. The van der Waals surface area contributed by atoms with E-state index in [0.29, 0.717) is 21.8 Å². The van der Waals surface area contributed by atoms with Crippen LogP contribution in [-0.2, 0) is 0 Å². The van der Waals surface area contributed by atoms with Crippen molar-refractivity contribution in [2.45, 2.75) is 0 Å². The van der Waals surface area contributed by atoms with Crippen molar-refractivity contribution in [2.75, 3.05) is 5.32 Å². The van der Waals surface area contributed by atoms with E-state index in [4.69, 9.17) is 0 Å². The Morgan fingerprint density at radius 3 is 2.83 bits per heavy atom. The van der Waals surface area contributed by atoms with Gasteiger partial charge in [0.1, 0.15) is 5.82 Å². The fourth-order valence-electron chi connectivity index (χ4n) is 2.35. The van der Waals surface area contributed by atoms with Crippen molar-refractivity contribution < 1.29 is 9.18 Å². The zero-order valence-electron chi connectivity index (χ0n) is 12.2. The third-order valence-electron chi connectivity index (χ3n) is 3.46. The van der Waals surface area contributed by atoms with Crippen molar-refractivity contribution in [3.05, 3.63) is 59.2 Å². The van der Waals surface area contributed by atoms with Crippen LogP contribution in [0, 0.1) is 5.82 Å². The van der Waals surface area contributed by atoms with E-state index in [0.717, 1.165) is 10.3 Å². The predicted octanol–water partition coefficient (Wildman–Crippen LogP) is 3.47. The molecule has 2 aromatic heterocycles. The molecule has 0 fully saturated rings. The number of fused-ring (bicyclic) bond motifs is 1. The summed E-state index contributed by atoms with van der Waals surface area (Å²) in [6, 6.07) is 13.5. The van der Waals surface area contributed by atoms with Crippen molar-refractivity contribution in [3.8, 4) is 11.4 Å². The normalized spacial score (nSPS) is 10.9. The van der Waals surface area contributed by atoms with Crippen LogP contribution in [0.1, 0.15) is 9.67 Å². The number of halogens is 1. The van der Waals surface area contributed by atoms with Crippen molar-refractivity contribution in [1.82, 2.24) is 20.6 Å². The molecular weight excluding hydrogens is 329 g/mol. The van der Waals surface area contributed by atoms with Crippen LogP contribution >= 0.6 is 11.3 Å². The number of aromatic amines is 1. The summed E-state index contributed by atoms with van der Waals surface area (Å²) in [6.45, 7) is 0. The second-order valence-electron chi connectivity index (χ2n) is 5.03. The number of anilines is 1. The van der Waals surface area contributed by atoms with Crippen LogP contribution in [0.15, 0.2) is 48.5 Å². The van der Waals surface area contributed by atoms with Crippen molar-refractivity contribution in [3.63, 3.8) is 0 Å². The number of nitrogens with zero attached hydrogens (tertiary/aromatic N) is 3. The van der Waals surface area contributed by atoms with Crippen LogP contribution in [0.5, 0.6) is 0 Å². The van der Waals surface area contributed by atoms with Crippen molar-refractivity contribution in [1.29, 1.82) is 0 Å². The molecule has 0 saturated heterocycles. The Hall–Kier alpha value is -3.13. The van der Waals surface area contributed by atoms with Crippen LogP contribution in [0.3, 0.4) is 0 Å². The molecule has 2 aromatic carbocycles. The van der Waals surface area contributed by atoms with Gasteiger partial charge in [0.2, 0.25) is 5.82 Å². The summed E-state index contributed by atoms with van der Waals surface area (Å²) < 4.78 is 14.5. The van der Waals surface area contributed by atoms with Crippen molar-refractivity contribution >= 4 is 33.0 Å². The van der Waals surface area contributed by atoms with Gasteiger partial charge in [-0.1, -0.05) is 18.2 Å². The van der Waals surface area contributed by atoms with Gasteiger partial charge in [-0.25, -0.2) is 4.39 Å². The van der Waals surface area contributed by atoms with E-state index < -0.39 is 0 Å². The van der Waals surface area contributed by atoms with Crippen LogP contribution in [0.4, 0.5) is 10.1 Å². The van der Waals surface area contributed by atoms with Crippen LogP contribution in [0.25, 0.3) is 21.5 Å². The van der Waals surface area contributed by atoms with E-state index in [1.54, 1.807) is 36.4 Å². The first kappa shape index (κ1) is 14.5. The lowest BCUT2D eigenvalue weighted by Gasteiger charge is -2.04. The summed E-state index contributed by atoms with van der Waals surface area (Å²) >= 11 is 1.25. The van der Waals surface area contributed by atoms with E-state index in [1.165, 1.54) is 17.4 Å². The molecule has 0 unspecified atom stereocenters. The first-order chi connectivity index (χ1) is 11.7. The monoisotopic (exact) mass is 339 g/mol. The number of aromatic nitrogens is 4. The van der Waals surface area contributed by atoms with Crippen LogP contribution in [0.2, 0.25) is 0 Å².